The molecule has 6 nitrogen and oxygen atoms in total. The number of hydrogen-bond acceptors (Lipinski definition) is 4. The zero-order chi connectivity index (χ0) is 18.2. The maximum absolute atomic E-state index is 10.4. The molecule has 25 heavy (non-hydrogen) atoms. The van der Waals surface area contributed by atoms with Crippen LogP contribution < -0.4 is 5.73 Å². The summed E-state index contributed by atoms with van der Waals surface area (Å²) in [4.78, 5) is 12.6. The predicted octanol–water partition coefficient (Wildman–Crippen LogP) is 3.83. The molecule has 0 bridgehead atoms. The number of anilines is 1. The van der Waals surface area contributed by atoms with Gasteiger partial charge in [-0.15, -0.1) is 0 Å². The normalized spacial score (nSPS) is 12.0. The minimum Gasteiger partial charge on any atom is -0.389 e. The highest BCUT2D eigenvalue weighted by atomic mass is 16.3. The van der Waals surface area contributed by atoms with E-state index in [1.54, 1.807) is 26.0 Å². The van der Waals surface area contributed by atoms with Crippen LogP contribution in [0.1, 0.15) is 39.4 Å². The van der Waals surface area contributed by atoms with Gasteiger partial charge in [0.05, 0.1) is 29.8 Å². The van der Waals surface area contributed by atoms with Crippen molar-refractivity contribution in [1.82, 2.24) is 14.5 Å². The number of nitrogens with zero attached hydrogens (tertiary/aromatic N) is 4. The van der Waals surface area contributed by atoms with Crippen molar-refractivity contribution in [2.75, 3.05) is 5.73 Å². The maximum atomic E-state index is 10.4. The van der Waals surface area contributed by atoms with Gasteiger partial charge in [0.2, 0.25) is 0 Å². The van der Waals surface area contributed by atoms with Crippen molar-refractivity contribution in [2.45, 2.75) is 52.2 Å². The summed E-state index contributed by atoms with van der Waals surface area (Å²) in [6, 6.07) is 5.41. The average Bonchev–Trinajstić information content (AvgIpc) is 2.90. The first-order valence-corrected chi connectivity index (χ1v) is 8.52. The van der Waals surface area contributed by atoms with Gasteiger partial charge in [-0.1, -0.05) is 25.5 Å². The summed E-state index contributed by atoms with van der Waals surface area (Å²) >= 11 is 0. The number of rotatable bonds is 5. The lowest BCUT2D eigenvalue weighted by atomic mass is 10.1. The van der Waals surface area contributed by atoms with Crippen LogP contribution in [-0.2, 0) is 13.0 Å². The lowest BCUT2D eigenvalue weighted by Crippen LogP contribution is -2.27. The number of aromatic nitrogens is 3. The molecule has 0 saturated heterocycles. The first-order valence-electron chi connectivity index (χ1n) is 8.52. The molecule has 6 heteroatoms. The highest BCUT2D eigenvalue weighted by Crippen LogP contribution is 2.32. The fourth-order valence-corrected chi connectivity index (χ4v) is 3.10. The van der Waals surface area contributed by atoms with E-state index in [2.05, 4.69) is 21.3 Å². The van der Waals surface area contributed by atoms with Crippen LogP contribution in [0.3, 0.4) is 0 Å². The number of aliphatic hydroxyl groups is 1. The van der Waals surface area contributed by atoms with Crippen molar-refractivity contribution in [1.29, 1.82) is 0 Å². The third-order valence-corrected chi connectivity index (χ3v) is 4.19. The molecular weight excluding hydrogens is 314 g/mol. The van der Waals surface area contributed by atoms with Gasteiger partial charge in [0, 0.05) is 11.8 Å². The Morgan fingerprint density at radius 3 is 2.72 bits per heavy atom. The fourth-order valence-electron chi connectivity index (χ4n) is 3.10. The van der Waals surface area contributed by atoms with Crippen LogP contribution in [-0.4, -0.2) is 25.2 Å². The highest BCUT2D eigenvalue weighted by molar-refractivity contribution is 6.07. The van der Waals surface area contributed by atoms with Crippen LogP contribution in [0, 0.1) is 6.57 Å². The number of hydrogen-bond donors (Lipinski definition) is 2. The molecule has 2 aromatic heterocycles. The Bertz CT molecular complexity index is 976. The van der Waals surface area contributed by atoms with Gasteiger partial charge in [0.1, 0.15) is 11.3 Å². The van der Waals surface area contributed by atoms with Crippen molar-refractivity contribution in [2.24, 2.45) is 0 Å². The molecule has 130 valence electrons. The Morgan fingerprint density at radius 2 is 2.08 bits per heavy atom. The molecule has 0 saturated carbocycles. The Kier molecular flexibility index (Phi) is 4.36. The molecule has 0 atom stereocenters. The summed E-state index contributed by atoms with van der Waals surface area (Å²) in [5.41, 5.74) is 8.03. The van der Waals surface area contributed by atoms with Crippen molar-refractivity contribution in [3.05, 3.63) is 35.4 Å². The van der Waals surface area contributed by atoms with E-state index in [0.717, 1.165) is 36.0 Å². The second-order valence-corrected chi connectivity index (χ2v) is 7.04. The first-order chi connectivity index (χ1) is 11.8. The van der Waals surface area contributed by atoms with E-state index < -0.39 is 5.60 Å². The fraction of sp³-hybridized carbons (Fsp3) is 0.421. The molecule has 3 aromatic rings. The van der Waals surface area contributed by atoms with Crippen molar-refractivity contribution < 1.29 is 5.11 Å². The first kappa shape index (κ1) is 17.2. The van der Waals surface area contributed by atoms with Crippen LogP contribution >= 0.6 is 0 Å². The summed E-state index contributed by atoms with van der Waals surface area (Å²) in [6.07, 6.45) is 2.90. The van der Waals surface area contributed by atoms with E-state index in [0.29, 0.717) is 29.1 Å². The summed E-state index contributed by atoms with van der Waals surface area (Å²) in [5, 5.41) is 11.3. The number of benzene rings is 1. The molecule has 0 amide bonds. The van der Waals surface area contributed by atoms with Crippen LogP contribution in [0.25, 0.3) is 26.8 Å². The van der Waals surface area contributed by atoms with Crippen LogP contribution in [0.4, 0.5) is 11.5 Å². The van der Waals surface area contributed by atoms with E-state index >= 15 is 0 Å². The molecule has 0 aliphatic rings. The largest absolute Gasteiger partial charge is 0.389 e. The number of fused-ring (bicyclic) bond motifs is 3. The Morgan fingerprint density at radius 1 is 1.32 bits per heavy atom. The Labute approximate surface area is 147 Å². The molecule has 0 unspecified atom stereocenters. The van der Waals surface area contributed by atoms with Gasteiger partial charge < -0.3 is 15.4 Å². The van der Waals surface area contributed by atoms with E-state index in [1.807, 2.05) is 6.07 Å². The molecule has 3 N–H and O–H groups in total. The smallest absolute Gasteiger partial charge is 0.189 e. The number of aryl methyl sites for hydroxylation is 1. The topological polar surface area (TPSA) is 81.3 Å². The Balaban J connectivity index is 2.34. The molecule has 0 aliphatic heterocycles. The number of nitrogen functional groups attached to an aromatic ring is 1. The number of unbranched alkanes of at least 4 members (excludes halogenated alkanes) is 1. The van der Waals surface area contributed by atoms with Gasteiger partial charge in [-0.05, 0) is 26.3 Å². The van der Waals surface area contributed by atoms with Crippen molar-refractivity contribution in [3.8, 4) is 0 Å². The minimum absolute atomic E-state index is 0.358. The summed E-state index contributed by atoms with van der Waals surface area (Å²) < 4.78 is 2.06. The summed E-state index contributed by atoms with van der Waals surface area (Å²) in [6.45, 7) is 13.3. The molecule has 0 aliphatic carbocycles. The third-order valence-electron chi connectivity index (χ3n) is 4.19. The highest BCUT2D eigenvalue weighted by Gasteiger charge is 2.22. The molecule has 1 aromatic carbocycles. The molecule has 2 heterocycles. The van der Waals surface area contributed by atoms with Gasteiger partial charge in [0.25, 0.3) is 0 Å². The molecular formula is C19H23N5O. The standard InChI is InChI=1S/C19H23N5O/c1-5-6-7-15-23-16-17(24(15)11-19(2,3)25)13-9-8-12(21-4)10-14(13)22-18(16)20/h8-10,25H,5-7,11H2,1-3H3,(H2,20,22). The second-order valence-electron chi connectivity index (χ2n) is 7.04. The van der Waals surface area contributed by atoms with Gasteiger partial charge in [-0.25, -0.2) is 14.8 Å². The lowest BCUT2D eigenvalue weighted by Gasteiger charge is -2.20. The maximum Gasteiger partial charge on any atom is 0.189 e. The van der Waals surface area contributed by atoms with E-state index in [4.69, 9.17) is 17.3 Å². The van der Waals surface area contributed by atoms with Crippen LogP contribution in [0.2, 0.25) is 0 Å². The number of imidazole rings is 1. The quantitative estimate of drug-likeness (QED) is 0.693. The zero-order valence-corrected chi connectivity index (χ0v) is 14.9. The average molecular weight is 337 g/mol. The van der Waals surface area contributed by atoms with Crippen LogP contribution in [0.5, 0.6) is 0 Å². The van der Waals surface area contributed by atoms with Crippen molar-refractivity contribution >= 4 is 33.4 Å². The number of pyridine rings is 1. The van der Waals surface area contributed by atoms with Crippen molar-refractivity contribution in [3.63, 3.8) is 0 Å². The molecule has 0 fully saturated rings. The third kappa shape index (κ3) is 3.28. The Hall–Kier alpha value is -2.65. The monoisotopic (exact) mass is 337 g/mol. The molecule has 0 radical (unpaired) electrons. The summed E-state index contributed by atoms with van der Waals surface area (Å²) in [7, 11) is 0. The van der Waals surface area contributed by atoms with E-state index in [9.17, 15) is 5.11 Å². The second kappa shape index (κ2) is 6.34. The lowest BCUT2D eigenvalue weighted by molar-refractivity contribution is 0.0618. The number of nitrogens with two attached hydrogens (primary N) is 1. The van der Waals surface area contributed by atoms with E-state index in [-0.39, 0.29) is 0 Å². The summed E-state index contributed by atoms with van der Waals surface area (Å²) in [5.74, 6) is 1.27. The van der Waals surface area contributed by atoms with Gasteiger partial charge in [-0.2, -0.15) is 0 Å². The zero-order valence-electron chi connectivity index (χ0n) is 14.9. The molecule has 3 rings (SSSR count). The van der Waals surface area contributed by atoms with E-state index in [1.165, 1.54) is 0 Å². The minimum atomic E-state index is -0.880. The predicted molar refractivity (Wildman–Crippen MR) is 101 cm³/mol. The van der Waals surface area contributed by atoms with Crippen LogP contribution in [0.15, 0.2) is 18.2 Å². The van der Waals surface area contributed by atoms with Gasteiger partial charge >= 0.3 is 0 Å². The SMILES string of the molecule is [C-]#[N+]c1ccc2c(c1)nc(N)c1nc(CCCC)n(CC(C)(C)O)c12. The van der Waals surface area contributed by atoms with Gasteiger partial charge in [-0.3, -0.25) is 0 Å². The molecule has 0 spiro atoms. The van der Waals surface area contributed by atoms with Gasteiger partial charge in [0.15, 0.2) is 11.5 Å².